The summed E-state index contributed by atoms with van der Waals surface area (Å²) in [5.74, 6) is 0.488. The summed E-state index contributed by atoms with van der Waals surface area (Å²) in [4.78, 5) is 18.5. The Morgan fingerprint density at radius 1 is 1.60 bits per heavy atom. The van der Waals surface area contributed by atoms with Crippen LogP contribution in [-0.4, -0.2) is 37.5 Å². The van der Waals surface area contributed by atoms with E-state index in [4.69, 9.17) is 0 Å². The molecule has 1 saturated heterocycles. The monoisotopic (exact) mass is 292 g/mol. The third-order valence-electron chi connectivity index (χ3n) is 3.35. The van der Waals surface area contributed by atoms with E-state index in [9.17, 15) is 4.79 Å². The van der Waals surface area contributed by atoms with Gasteiger partial charge in [-0.25, -0.2) is 9.78 Å². The molecule has 1 N–H and O–H groups in total. The van der Waals surface area contributed by atoms with Gasteiger partial charge in [0, 0.05) is 24.7 Å². The van der Waals surface area contributed by atoms with Gasteiger partial charge in [0.2, 0.25) is 0 Å². The first-order chi connectivity index (χ1) is 9.78. The number of aryl methyl sites for hydroxylation is 1. The molecule has 0 radical (unpaired) electrons. The van der Waals surface area contributed by atoms with Gasteiger partial charge in [0.05, 0.1) is 12.2 Å². The molecule has 7 nitrogen and oxygen atoms in total. The highest BCUT2D eigenvalue weighted by atomic mass is 32.1. The minimum atomic E-state index is -0.133. The summed E-state index contributed by atoms with van der Waals surface area (Å²) in [6, 6.07) is -0.0536. The number of likely N-dealkylation sites (tertiary alicyclic amines) is 1. The predicted octanol–water partition coefficient (Wildman–Crippen LogP) is 2.12. The van der Waals surface area contributed by atoms with Crippen molar-refractivity contribution in [3.63, 3.8) is 0 Å². The smallest absolute Gasteiger partial charge is 0.315 e. The van der Waals surface area contributed by atoms with E-state index < -0.39 is 0 Å². The number of hydrogen-bond acceptors (Lipinski definition) is 5. The molecule has 0 aromatic carbocycles. The molecule has 8 heteroatoms. The van der Waals surface area contributed by atoms with Crippen molar-refractivity contribution in [2.45, 2.75) is 32.4 Å². The lowest BCUT2D eigenvalue weighted by molar-refractivity contribution is 0.207. The van der Waals surface area contributed by atoms with Crippen LogP contribution < -0.4 is 5.32 Å². The molecule has 2 aromatic rings. The van der Waals surface area contributed by atoms with Gasteiger partial charge < -0.3 is 4.90 Å². The Hall–Kier alpha value is -1.96. The first-order valence-corrected chi connectivity index (χ1v) is 7.53. The van der Waals surface area contributed by atoms with Gasteiger partial charge in [-0.15, -0.1) is 16.4 Å². The molecule has 1 fully saturated rings. The quantitative estimate of drug-likeness (QED) is 0.940. The van der Waals surface area contributed by atoms with Crippen molar-refractivity contribution < 1.29 is 4.79 Å². The summed E-state index contributed by atoms with van der Waals surface area (Å²) >= 11 is 1.59. The Labute approximate surface area is 120 Å². The predicted molar refractivity (Wildman–Crippen MR) is 75.5 cm³/mol. The molecule has 106 valence electrons. The summed E-state index contributed by atoms with van der Waals surface area (Å²) in [5, 5.41) is 13.6. The van der Waals surface area contributed by atoms with E-state index >= 15 is 0 Å². The standard InChI is InChI=1S/C12H16N6OS/c1-2-17-8-10(15-16-17)14-12(19)18-6-3-4-9(18)11-13-5-7-20-11/h5,7-9H,2-4,6H2,1H3,(H,14,19)/t9-/m1/s1. The van der Waals surface area contributed by atoms with Crippen molar-refractivity contribution >= 4 is 23.2 Å². The number of nitrogens with one attached hydrogen (secondary N) is 1. The number of thiazole rings is 1. The van der Waals surface area contributed by atoms with Crippen molar-refractivity contribution in [2.75, 3.05) is 11.9 Å². The lowest BCUT2D eigenvalue weighted by Crippen LogP contribution is -2.34. The number of anilines is 1. The van der Waals surface area contributed by atoms with Crippen LogP contribution in [0.15, 0.2) is 17.8 Å². The van der Waals surface area contributed by atoms with Crippen LogP contribution in [0.4, 0.5) is 10.6 Å². The Bertz CT molecular complexity index is 581. The Morgan fingerprint density at radius 3 is 3.20 bits per heavy atom. The molecule has 0 saturated carbocycles. The van der Waals surface area contributed by atoms with Gasteiger partial charge >= 0.3 is 6.03 Å². The molecule has 1 atom stereocenters. The van der Waals surface area contributed by atoms with Gasteiger partial charge in [0.25, 0.3) is 0 Å². The van der Waals surface area contributed by atoms with Crippen LogP contribution in [0.1, 0.15) is 30.8 Å². The summed E-state index contributed by atoms with van der Waals surface area (Å²) in [6.45, 7) is 3.45. The number of aromatic nitrogens is 4. The number of carbonyl (C=O) groups excluding carboxylic acids is 1. The van der Waals surface area contributed by atoms with Gasteiger partial charge in [-0.1, -0.05) is 5.21 Å². The lowest BCUT2D eigenvalue weighted by Gasteiger charge is -2.22. The van der Waals surface area contributed by atoms with E-state index in [2.05, 4.69) is 20.6 Å². The van der Waals surface area contributed by atoms with E-state index in [1.165, 1.54) is 0 Å². The number of carbonyl (C=O) groups is 1. The fourth-order valence-electron chi connectivity index (χ4n) is 2.36. The van der Waals surface area contributed by atoms with Crippen molar-refractivity contribution in [2.24, 2.45) is 0 Å². The van der Waals surface area contributed by atoms with E-state index in [0.29, 0.717) is 5.82 Å². The van der Waals surface area contributed by atoms with Gasteiger partial charge in [0.1, 0.15) is 5.01 Å². The number of amides is 2. The fourth-order valence-corrected chi connectivity index (χ4v) is 3.14. The van der Waals surface area contributed by atoms with Crippen molar-refractivity contribution in [1.29, 1.82) is 0 Å². The summed E-state index contributed by atoms with van der Waals surface area (Å²) in [6.07, 6.45) is 5.47. The highest BCUT2D eigenvalue weighted by Gasteiger charge is 2.31. The molecule has 0 bridgehead atoms. The molecule has 2 amide bonds. The molecule has 0 unspecified atom stereocenters. The summed E-state index contributed by atoms with van der Waals surface area (Å²) in [7, 11) is 0. The average molecular weight is 292 g/mol. The summed E-state index contributed by atoms with van der Waals surface area (Å²) < 4.78 is 1.68. The van der Waals surface area contributed by atoms with Crippen LogP contribution in [0.25, 0.3) is 0 Å². The molecule has 3 rings (SSSR count). The lowest BCUT2D eigenvalue weighted by atomic mass is 10.2. The minimum absolute atomic E-state index is 0.0798. The maximum atomic E-state index is 12.3. The molecule has 0 aliphatic carbocycles. The normalized spacial score (nSPS) is 18.4. The first kappa shape index (κ1) is 13.0. The Balaban J connectivity index is 1.70. The Morgan fingerprint density at radius 2 is 2.50 bits per heavy atom. The first-order valence-electron chi connectivity index (χ1n) is 6.65. The highest BCUT2D eigenvalue weighted by Crippen LogP contribution is 2.33. The van der Waals surface area contributed by atoms with E-state index in [0.717, 1.165) is 30.9 Å². The van der Waals surface area contributed by atoms with Crippen LogP contribution in [0.2, 0.25) is 0 Å². The average Bonchev–Trinajstić information content (AvgIpc) is 3.19. The van der Waals surface area contributed by atoms with Crippen molar-refractivity contribution in [3.05, 3.63) is 22.8 Å². The largest absolute Gasteiger partial charge is 0.323 e. The van der Waals surface area contributed by atoms with Gasteiger partial charge in [-0.3, -0.25) is 10.00 Å². The minimum Gasteiger partial charge on any atom is -0.315 e. The topological polar surface area (TPSA) is 75.9 Å². The molecule has 20 heavy (non-hydrogen) atoms. The maximum absolute atomic E-state index is 12.3. The van der Waals surface area contributed by atoms with Crippen LogP contribution in [0, 0.1) is 0 Å². The SMILES string of the molecule is CCn1cc(NC(=O)N2CCC[C@@H]2c2nccs2)nn1. The van der Waals surface area contributed by atoms with E-state index in [1.807, 2.05) is 17.2 Å². The molecule has 1 aliphatic rings. The molecule has 1 aliphatic heterocycles. The zero-order valence-electron chi connectivity index (χ0n) is 11.2. The molecule has 0 spiro atoms. The molecule has 2 aromatic heterocycles. The van der Waals surface area contributed by atoms with Crippen molar-refractivity contribution in [3.8, 4) is 0 Å². The molecular formula is C12H16N6OS. The number of nitrogens with zero attached hydrogens (tertiary/aromatic N) is 5. The second-order valence-electron chi connectivity index (χ2n) is 4.61. The maximum Gasteiger partial charge on any atom is 0.323 e. The molecular weight excluding hydrogens is 276 g/mol. The third kappa shape index (κ3) is 2.51. The number of urea groups is 1. The zero-order chi connectivity index (χ0) is 13.9. The van der Waals surface area contributed by atoms with Crippen molar-refractivity contribution in [1.82, 2.24) is 24.9 Å². The summed E-state index contributed by atoms with van der Waals surface area (Å²) in [5.41, 5.74) is 0. The van der Waals surface area contributed by atoms with Gasteiger partial charge in [0.15, 0.2) is 5.82 Å². The molecule has 3 heterocycles. The van der Waals surface area contributed by atoms with Crippen LogP contribution in [0.5, 0.6) is 0 Å². The van der Waals surface area contributed by atoms with Gasteiger partial charge in [-0.2, -0.15) is 0 Å². The Kier molecular flexibility index (Phi) is 3.64. The zero-order valence-corrected chi connectivity index (χ0v) is 12.0. The van der Waals surface area contributed by atoms with Crippen LogP contribution >= 0.6 is 11.3 Å². The fraction of sp³-hybridized carbons (Fsp3) is 0.500. The van der Waals surface area contributed by atoms with Crippen LogP contribution in [0.3, 0.4) is 0 Å². The second-order valence-corrected chi connectivity index (χ2v) is 5.54. The number of rotatable bonds is 3. The van der Waals surface area contributed by atoms with Crippen LogP contribution in [-0.2, 0) is 6.54 Å². The van der Waals surface area contributed by atoms with E-state index in [1.54, 1.807) is 28.4 Å². The second kappa shape index (κ2) is 5.58. The number of hydrogen-bond donors (Lipinski definition) is 1. The third-order valence-corrected chi connectivity index (χ3v) is 4.22. The van der Waals surface area contributed by atoms with Gasteiger partial charge in [-0.05, 0) is 19.8 Å². The highest BCUT2D eigenvalue weighted by molar-refractivity contribution is 7.09. The van der Waals surface area contributed by atoms with E-state index in [-0.39, 0.29) is 12.1 Å².